The summed E-state index contributed by atoms with van der Waals surface area (Å²) in [6.07, 6.45) is 0. The molecule has 1 aromatic rings. The van der Waals surface area contributed by atoms with Crippen molar-refractivity contribution in [3.8, 4) is 0 Å². The van der Waals surface area contributed by atoms with Crippen LogP contribution in [0.4, 0.5) is 0 Å². The van der Waals surface area contributed by atoms with E-state index >= 15 is 0 Å². The molecule has 18 heavy (non-hydrogen) atoms. The van der Waals surface area contributed by atoms with Crippen LogP contribution < -0.4 is 15.6 Å². The average Bonchev–Trinajstić information content (AvgIpc) is 2.12. The predicted molar refractivity (Wildman–Crippen MR) is 95.3 cm³/mol. The van der Waals surface area contributed by atoms with Crippen LogP contribution in [0.2, 0.25) is 39.3 Å². The van der Waals surface area contributed by atoms with Crippen molar-refractivity contribution in [2.24, 2.45) is 0 Å². The van der Waals surface area contributed by atoms with Gasteiger partial charge in [-0.15, -0.1) is 0 Å². The first kappa shape index (κ1) is 16.8. The minimum absolute atomic E-state index is 1.27. The zero-order valence-corrected chi connectivity index (χ0v) is 17.1. The predicted octanol–water partition coefficient (Wildman–Crippen LogP) is 3.64. The summed E-state index contributed by atoms with van der Waals surface area (Å²) in [4.78, 5) is 0. The number of hydrogen-bond donors (Lipinski definition) is 0. The Kier molecular flexibility index (Phi) is 4.91. The quantitative estimate of drug-likeness (QED) is 0.573. The summed E-state index contributed by atoms with van der Waals surface area (Å²) in [5.41, 5.74) is 0. The van der Waals surface area contributed by atoms with Gasteiger partial charge in [0, 0.05) is 0 Å². The lowest BCUT2D eigenvalue weighted by molar-refractivity contribution is 1.75. The van der Waals surface area contributed by atoms with Crippen LogP contribution in [0.25, 0.3) is 0 Å². The number of hydrogen-bond acceptors (Lipinski definition) is 0. The zero-order chi connectivity index (χ0) is 14.4. The maximum absolute atomic E-state index is 6.75. The molecule has 1 rings (SSSR count). The van der Waals surface area contributed by atoms with Crippen molar-refractivity contribution >= 4 is 70.9 Å². The van der Waals surface area contributed by atoms with E-state index in [2.05, 4.69) is 57.5 Å². The normalized spacial score (nSPS) is 13.8. The highest BCUT2D eigenvalue weighted by atomic mass is 35.6. The van der Waals surface area contributed by atoms with Gasteiger partial charge in [-0.25, -0.2) is 0 Å². The molecule has 0 saturated carbocycles. The zero-order valence-electron chi connectivity index (χ0n) is 11.9. The van der Waals surface area contributed by atoms with Gasteiger partial charge in [-0.05, 0) is 15.6 Å². The second-order valence-electron chi connectivity index (χ2n) is 6.15. The van der Waals surface area contributed by atoms with Crippen molar-refractivity contribution in [3.05, 3.63) is 18.2 Å². The highest BCUT2D eigenvalue weighted by Gasteiger charge is 2.37. The molecule has 0 aliphatic carbocycles. The number of halogens is 3. The van der Waals surface area contributed by atoms with Gasteiger partial charge >= 0.3 is 0 Å². The molecule has 0 N–H and O–H groups in total. The summed E-state index contributed by atoms with van der Waals surface area (Å²) in [5, 5.41) is 3.84. The Bertz CT molecular complexity index is 407. The van der Waals surface area contributed by atoms with E-state index in [1.165, 1.54) is 15.6 Å². The molecular weight excluding hydrogens is 335 g/mol. The first-order valence-electron chi connectivity index (χ1n) is 6.06. The van der Waals surface area contributed by atoms with Crippen LogP contribution in [-0.2, 0) is 0 Å². The Hall–Kier alpha value is 0.741. The SMILES string of the molecule is C[Si](C)(Cl)c1cccc([Si](C)(C)Cl)c1[Si](C)(C)Cl. The van der Waals surface area contributed by atoms with Crippen molar-refractivity contribution in [1.82, 2.24) is 0 Å². The van der Waals surface area contributed by atoms with E-state index in [-0.39, 0.29) is 0 Å². The minimum atomic E-state index is -1.97. The van der Waals surface area contributed by atoms with Gasteiger partial charge in [-0.1, -0.05) is 57.5 Å². The van der Waals surface area contributed by atoms with E-state index in [1.807, 2.05) is 0 Å². The second kappa shape index (κ2) is 5.26. The molecule has 0 aliphatic rings. The Labute approximate surface area is 128 Å². The Morgan fingerprint density at radius 3 is 1.22 bits per heavy atom. The highest BCUT2D eigenvalue weighted by molar-refractivity contribution is 7.35. The van der Waals surface area contributed by atoms with E-state index in [9.17, 15) is 0 Å². The van der Waals surface area contributed by atoms with Crippen LogP contribution in [0.5, 0.6) is 0 Å². The smallest absolute Gasteiger partial charge is 0.162 e. The van der Waals surface area contributed by atoms with Crippen LogP contribution in [0.3, 0.4) is 0 Å². The van der Waals surface area contributed by atoms with E-state index in [0.29, 0.717) is 0 Å². The molecule has 6 heteroatoms. The lowest BCUT2D eigenvalue weighted by atomic mass is 10.3. The van der Waals surface area contributed by atoms with E-state index in [0.717, 1.165) is 0 Å². The lowest BCUT2D eigenvalue weighted by Gasteiger charge is -2.30. The van der Waals surface area contributed by atoms with Crippen molar-refractivity contribution in [3.63, 3.8) is 0 Å². The number of benzene rings is 1. The first-order valence-corrected chi connectivity index (χ1v) is 18.1. The van der Waals surface area contributed by atoms with Crippen molar-refractivity contribution in [2.45, 2.75) is 39.3 Å². The van der Waals surface area contributed by atoms with Gasteiger partial charge in [0.2, 0.25) is 0 Å². The largest absolute Gasteiger partial charge is 0.180 e. The second-order valence-corrected chi connectivity index (χ2v) is 25.1. The lowest BCUT2D eigenvalue weighted by Crippen LogP contribution is -2.64. The molecule has 0 radical (unpaired) electrons. The summed E-state index contributed by atoms with van der Waals surface area (Å²) in [7, 11) is -5.79. The maximum Gasteiger partial charge on any atom is 0.180 e. The molecule has 0 atom stereocenters. The fourth-order valence-corrected chi connectivity index (χ4v) is 12.5. The third-order valence-corrected chi connectivity index (χ3v) is 10.4. The molecule has 0 aromatic heterocycles. The van der Waals surface area contributed by atoms with E-state index < -0.39 is 22.2 Å². The van der Waals surface area contributed by atoms with Crippen molar-refractivity contribution < 1.29 is 0 Å². The summed E-state index contributed by atoms with van der Waals surface area (Å²) in [6.45, 7) is 12.9. The monoisotopic (exact) mass is 354 g/mol. The maximum atomic E-state index is 6.75. The third kappa shape index (κ3) is 3.87. The fraction of sp³-hybridized carbons (Fsp3) is 0.500. The summed E-state index contributed by atoms with van der Waals surface area (Å²) in [6, 6.07) is 6.37. The molecule has 0 heterocycles. The molecule has 0 spiro atoms. The van der Waals surface area contributed by atoms with Gasteiger partial charge in [0.15, 0.2) is 22.2 Å². The molecule has 0 unspecified atom stereocenters. The van der Waals surface area contributed by atoms with E-state index in [4.69, 9.17) is 33.2 Å². The molecule has 0 saturated heterocycles. The van der Waals surface area contributed by atoms with Crippen LogP contribution in [-0.4, -0.2) is 22.2 Å². The Balaban J connectivity index is 3.68. The highest BCUT2D eigenvalue weighted by Crippen LogP contribution is 2.16. The van der Waals surface area contributed by atoms with Gasteiger partial charge in [-0.2, -0.15) is 33.2 Å². The average molecular weight is 356 g/mol. The van der Waals surface area contributed by atoms with Crippen LogP contribution in [0.1, 0.15) is 0 Å². The van der Waals surface area contributed by atoms with Gasteiger partial charge in [0.25, 0.3) is 0 Å². The van der Waals surface area contributed by atoms with Gasteiger partial charge < -0.3 is 0 Å². The molecule has 0 aliphatic heterocycles. The third-order valence-electron chi connectivity index (χ3n) is 2.94. The molecule has 0 fully saturated rings. The summed E-state index contributed by atoms with van der Waals surface area (Å²) >= 11 is 20.1. The van der Waals surface area contributed by atoms with Gasteiger partial charge in [0.05, 0.1) is 0 Å². The van der Waals surface area contributed by atoms with Crippen molar-refractivity contribution in [2.75, 3.05) is 0 Å². The molecule has 0 bridgehead atoms. The van der Waals surface area contributed by atoms with Crippen LogP contribution >= 0.6 is 33.2 Å². The summed E-state index contributed by atoms with van der Waals surface area (Å²) in [5.74, 6) is 0. The Morgan fingerprint density at radius 2 is 1.00 bits per heavy atom. The van der Waals surface area contributed by atoms with Crippen molar-refractivity contribution in [1.29, 1.82) is 0 Å². The molecule has 0 amide bonds. The Morgan fingerprint density at radius 1 is 0.667 bits per heavy atom. The van der Waals surface area contributed by atoms with Gasteiger partial charge in [0.1, 0.15) is 0 Å². The van der Waals surface area contributed by atoms with Gasteiger partial charge in [-0.3, -0.25) is 0 Å². The summed E-state index contributed by atoms with van der Waals surface area (Å²) < 4.78 is 0. The molecule has 102 valence electrons. The van der Waals surface area contributed by atoms with Crippen LogP contribution in [0.15, 0.2) is 18.2 Å². The molecule has 1 aromatic carbocycles. The number of rotatable bonds is 3. The molecule has 0 nitrogen and oxygen atoms in total. The first-order chi connectivity index (χ1) is 7.85. The minimum Gasteiger partial charge on any atom is -0.162 e. The standard InChI is InChI=1S/C12H21Cl3Si3/c1-16(2,13)10-8-7-9-11(17(3,4)14)12(10)18(5,6)15/h7-9H,1-6H3. The fourth-order valence-electron chi connectivity index (χ4n) is 2.18. The molecular formula is C12H21Cl3Si3. The topological polar surface area (TPSA) is 0 Å². The van der Waals surface area contributed by atoms with E-state index in [1.54, 1.807) is 0 Å². The van der Waals surface area contributed by atoms with Crippen LogP contribution in [0, 0.1) is 0 Å².